The van der Waals surface area contributed by atoms with Crippen molar-refractivity contribution in [3.8, 4) is 0 Å². The minimum Gasteiger partial charge on any atom is -0.481 e. The molecule has 13 heteroatoms. The zero-order chi connectivity index (χ0) is 22.7. The van der Waals surface area contributed by atoms with Crippen LogP contribution in [0.1, 0.15) is 39.5 Å². The predicted octanol–water partition coefficient (Wildman–Crippen LogP) is -2.98. The first kappa shape index (κ1) is 25.8. The Morgan fingerprint density at radius 2 is 1.31 bits per heavy atom. The van der Waals surface area contributed by atoms with Gasteiger partial charge >= 0.3 is 11.9 Å². The molecule has 0 bridgehead atoms. The summed E-state index contributed by atoms with van der Waals surface area (Å²) < 4.78 is 0. The molecule has 0 fully saturated rings. The standard InChI is InChI=1S/C16H27N5O8/c1-7(17)13(25)20-9(3-5-11(18)22)15(27)19-8(2)14(26)21-10(16(28)29)4-6-12(23)24/h7-10H,3-6,17H2,1-2H3,(H2,18,22)(H,19,27)(H,20,25)(H,21,26)(H,23,24)(H,28,29). The number of carboxylic acid groups (broad SMARTS) is 2. The number of carbonyl (C=O) groups excluding carboxylic acids is 4. The summed E-state index contributed by atoms with van der Waals surface area (Å²) in [6, 6.07) is -4.79. The number of carbonyl (C=O) groups is 6. The van der Waals surface area contributed by atoms with Crippen LogP contribution in [0, 0.1) is 0 Å². The second-order valence-corrected chi connectivity index (χ2v) is 6.42. The van der Waals surface area contributed by atoms with Crippen molar-refractivity contribution in [3.63, 3.8) is 0 Å². The lowest BCUT2D eigenvalue weighted by molar-refractivity contribution is -0.143. The zero-order valence-electron chi connectivity index (χ0n) is 16.1. The van der Waals surface area contributed by atoms with E-state index in [0.717, 1.165) is 0 Å². The van der Waals surface area contributed by atoms with E-state index in [1.807, 2.05) is 0 Å². The molecule has 0 rings (SSSR count). The maximum absolute atomic E-state index is 12.4. The van der Waals surface area contributed by atoms with Crippen molar-refractivity contribution >= 4 is 35.6 Å². The molecule has 0 aromatic heterocycles. The van der Waals surface area contributed by atoms with Crippen molar-refractivity contribution in [3.05, 3.63) is 0 Å². The van der Waals surface area contributed by atoms with Gasteiger partial charge in [0.15, 0.2) is 0 Å². The van der Waals surface area contributed by atoms with Gasteiger partial charge in [0.2, 0.25) is 23.6 Å². The summed E-state index contributed by atoms with van der Waals surface area (Å²) in [4.78, 5) is 68.9. The fourth-order valence-corrected chi connectivity index (χ4v) is 2.06. The number of hydrogen-bond donors (Lipinski definition) is 7. The van der Waals surface area contributed by atoms with Gasteiger partial charge in [-0.05, 0) is 26.7 Å². The van der Waals surface area contributed by atoms with Crippen LogP contribution in [0.3, 0.4) is 0 Å². The van der Waals surface area contributed by atoms with Gasteiger partial charge in [-0.2, -0.15) is 0 Å². The normalized spacial score (nSPS) is 14.6. The Morgan fingerprint density at radius 1 is 0.793 bits per heavy atom. The van der Waals surface area contributed by atoms with Crippen molar-refractivity contribution in [1.29, 1.82) is 0 Å². The topological polar surface area (TPSA) is 231 Å². The van der Waals surface area contributed by atoms with E-state index in [-0.39, 0.29) is 19.3 Å². The highest BCUT2D eigenvalue weighted by atomic mass is 16.4. The maximum Gasteiger partial charge on any atom is 0.326 e. The third-order valence-corrected chi connectivity index (χ3v) is 3.74. The van der Waals surface area contributed by atoms with E-state index in [1.54, 1.807) is 0 Å². The number of aliphatic carboxylic acids is 2. The van der Waals surface area contributed by atoms with Gasteiger partial charge in [-0.3, -0.25) is 24.0 Å². The van der Waals surface area contributed by atoms with Gasteiger partial charge in [0.05, 0.1) is 6.04 Å². The van der Waals surface area contributed by atoms with Crippen LogP contribution in [0.15, 0.2) is 0 Å². The quantitative estimate of drug-likeness (QED) is 0.162. The Hall–Kier alpha value is -3.22. The predicted molar refractivity (Wildman–Crippen MR) is 98.0 cm³/mol. The summed E-state index contributed by atoms with van der Waals surface area (Å²) >= 11 is 0. The van der Waals surface area contributed by atoms with Crippen LogP contribution in [0.4, 0.5) is 0 Å². The molecule has 164 valence electrons. The fourth-order valence-electron chi connectivity index (χ4n) is 2.06. The van der Waals surface area contributed by atoms with Gasteiger partial charge in [-0.1, -0.05) is 0 Å². The summed E-state index contributed by atoms with van der Waals surface area (Å²) in [5.74, 6) is -5.70. The van der Waals surface area contributed by atoms with Crippen LogP contribution in [0.25, 0.3) is 0 Å². The smallest absolute Gasteiger partial charge is 0.326 e. The van der Waals surface area contributed by atoms with E-state index < -0.39 is 66.2 Å². The van der Waals surface area contributed by atoms with Crippen molar-refractivity contribution in [2.24, 2.45) is 11.5 Å². The van der Waals surface area contributed by atoms with E-state index in [0.29, 0.717) is 0 Å². The SMILES string of the molecule is CC(N)C(=O)NC(CCC(N)=O)C(=O)NC(C)C(=O)NC(CCC(=O)O)C(=O)O. The van der Waals surface area contributed by atoms with Crippen LogP contribution in [-0.2, 0) is 28.8 Å². The van der Waals surface area contributed by atoms with Crippen molar-refractivity contribution < 1.29 is 39.0 Å². The molecule has 13 nitrogen and oxygen atoms in total. The van der Waals surface area contributed by atoms with Crippen molar-refractivity contribution in [2.45, 2.75) is 63.7 Å². The molecule has 29 heavy (non-hydrogen) atoms. The average Bonchev–Trinajstić information content (AvgIpc) is 2.60. The van der Waals surface area contributed by atoms with Gasteiger partial charge in [-0.25, -0.2) is 4.79 Å². The zero-order valence-corrected chi connectivity index (χ0v) is 16.1. The van der Waals surface area contributed by atoms with Gasteiger partial charge in [0, 0.05) is 12.8 Å². The van der Waals surface area contributed by atoms with Gasteiger partial charge < -0.3 is 37.6 Å². The van der Waals surface area contributed by atoms with E-state index in [1.165, 1.54) is 13.8 Å². The molecule has 0 aliphatic rings. The number of hydrogen-bond acceptors (Lipinski definition) is 7. The van der Waals surface area contributed by atoms with Gasteiger partial charge in [0.25, 0.3) is 0 Å². The van der Waals surface area contributed by atoms with E-state index >= 15 is 0 Å². The number of nitrogens with one attached hydrogen (secondary N) is 3. The molecule has 4 unspecified atom stereocenters. The highest BCUT2D eigenvalue weighted by Crippen LogP contribution is 2.02. The largest absolute Gasteiger partial charge is 0.481 e. The first-order valence-corrected chi connectivity index (χ1v) is 8.74. The van der Waals surface area contributed by atoms with Gasteiger partial charge in [0.1, 0.15) is 18.1 Å². The highest BCUT2D eigenvalue weighted by molar-refractivity contribution is 5.94. The third kappa shape index (κ3) is 10.6. The molecule has 0 spiro atoms. The lowest BCUT2D eigenvalue weighted by Gasteiger charge is -2.22. The first-order chi connectivity index (χ1) is 13.3. The molecule has 0 heterocycles. The Labute approximate surface area is 166 Å². The van der Waals surface area contributed by atoms with Crippen LogP contribution in [-0.4, -0.2) is 69.9 Å². The van der Waals surface area contributed by atoms with Crippen molar-refractivity contribution in [1.82, 2.24) is 16.0 Å². The lowest BCUT2D eigenvalue weighted by atomic mass is 10.1. The van der Waals surface area contributed by atoms with E-state index in [4.69, 9.17) is 21.7 Å². The number of rotatable bonds is 13. The first-order valence-electron chi connectivity index (χ1n) is 8.74. The summed E-state index contributed by atoms with van der Waals surface area (Å²) in [7, 11) is 0. The Kier molecular flexibility index (Phi) is 10.9. The second kappa shape index (κ2) is 12.3. The summed E-state index contributed by atoms with van der Waals surface area (Å²) in [5, 5.41) is 24.4. The number of nitrogens with two attached hydrogens (primary N) is 2. The third-order valence-electron chi connectivity index (χ3n) is 3.74. The molecule has 0 aliphatic carbocycles. The van der Waals surface area contributed by atoms with Crippen LogP contribution in [0.5, 0.6) is 0 Å². The molecule has 0 aliphatic heterocycles. The molecular formula is C16H27N5O8. The average molecular weight is 417 g/mol. The second-order valence-electron chi connectivity index (χ2n) is 6.42. The summed E-state index contributed by atoms with van der Waals surface area (Å²) in [6.07, 6.45) is -1.17. The van der Waals surface area contributed by atoms with Crippen LogP contribution >= 0.6 is 0 Å². The Bertz CT molecular complexity index is 651. The number of carboxylic acids is 2. The molecule has 0 radical (unpaired) electrons. The van der Waals surface area contributed by atoms with Crippen LogP contribution in [0.2, 0.25) is 0 Å². The molecule has 4 amide bonds. The molecule has 4 atom stereocenters. The minimum absolute atomic E-state index is 0.135. The Balaban J connectivity index is 5.00. The number of amides is 4. The van der Waals surface area contributed by atoms with E-state index in [2.05, 4.69) is 16.0 Å². The molecule has 0 saturated carbocycles. The van der Waals surface area contributed by atoms with Gasteiger partial charge in [-0.15, -0.1) is 0 Å². The van der Waals surface area contributed by atoms with Crippen molar-refractivity contribution in [2.75, 3.05) is 0 Å². The summed E-state index contributed by atoms with van der Waals surface area (Å²) in [5.41, 5.74) is 10.5. The molecule has 0 aromatic rings. The highest BCUT2D eigenvalue weighted by Gasteiger charge is 2.28. The lowest BCUT2D eigenvalue weighted by Crippen LogP contribution is -2.56. The number of primary amides is 1. The van der Waals surface area contributed by atoms with E-state index in [9.17, 15) is 28.8 Å². The maximum atomic E-state index is 12.4. The Morgan fingerprint density at radius 3 is 1.76 bits per heavy atom. The molecule has 0 aromatic carbocycles. The summed E-state index contributed by atoms with van der Waals surface area (Å²) in [6.45, 7) is 2.65. The molecular weight excluding hydrogens is 390 g/mol. The fraction of sp³-hybridized carbons (Fsp3) is 0.625. The molecule has 0 saturated heterocycles. The molecule has 9 N–H and O–H groups in total. The van der Waals surface area contributed by atoms with Crippen LogP contribution < -0.4 is 27.4 Å². The monoisotopic (exact) mass is 417 g/mol. The minimum atomic E-state index is -1.46.